The monoisotopic (exact) mass is 298 g/mol. The smallest absolute Gasteiger partial charge is 0.328 e. The van der Waals surface area contributed by atoms with Crippen molar-refractivity contribution in [3.63, 3.8) is 0 Å². The van der Waals surface area contributed by atoms with Crippen LogP contribution in [-0.4, -0.2) is 34.1 Å². The third kappa shape index (κ3) is 3.66. The molecule has 112 valence electrons. The van der Waals surface area contributed by atoms with Gasteiger partial charge in [0.2, 0.25) is 0 Å². The van der Waals surface area contributed by atoms with E-state index in [1.54, 1.807) is 24.4 Å². The number of nitrogens with zero attached hydrogens (tertiary/aromatic N) is 3. The highest BCUT2D eigenvalue weighted by Gasteiger charge is 2.10. The summed E-state index contributed by atoms with van der Waals surface area (Å²) in [6, 6.07) is 6.51. The zero-order chi connectivity index (χ0) is 16.1. The van der Waals surface area contributed by atoms with Gasteiger partial charge in [-0.1, -0.05) is 18.2 Å². The Hall–Kier alpha value is -3.22. The van der Waals surface area contributed by atoms with E-state index in [9.17, 15) is 9.59 Å². The van der Waals surface area contributed by atoms with Crippen molar-refractivity contribution in [2.24, 2.45) is 5.73 Å². The molecule has 0 saturated heterocycles. The third-order valence-corrected chi connectivity index (χ3v) is 2.90. The molecule has 7 nitrogen and oxygen atoms in total. The molecule has 1 heterocycles. The van der Waals surface area contributed by atoms with Crippen LogP contribution in [0.4, 0.5) is 10.6 Å². The standard InChI is InChI=1S/C15H14N4O3/c1-19(15(16)22)13-9-17-8-12(18-13)11-4-2-3-10(7-11)5-6-14(20)21/h2-9H,1H3,(H2,16,22)(H,20,21)/b6-5+. The molecule has 0 bridgehead atoms. The Morgan fingerprint density at radius 1 is 1.32 bits per heavy atom. The summed E-state index contributed by atoms with van der Waals surface area (Å²) < 4.78 is 0. The van der Waals surface area contributed by atoms with E-state index in [-0.39, 0.29) is 0 Å². The number of primary amides is 1. The molecule has 0 spiro atoms. The van der Waals surface area contributed by atoms with Crippen LogP contribution >= 0.6 is 0 Å². The first kappa shape index (κ1) is 15.2. The van der Waals surface area contributed by atoms with Crippen molar-refractivity contribution in [2.45, 2.75) is 0 Å². The van der Waals surface area contributed by atoms with Gasteiger partial charge in [0.15, 0.2) is 5.82 Å². The first-order chi connectivity index (χ1) is 10.5. The molecule has 2 amide bonds. The summed E-state index contributed by atoms with van der Waals surface area (Å²) in [5, 5.41) is 8.65. The number of hydrogen-bond donors (Lipinski definition) is 2. The molecule has 22 heavy (non-hydrogen) atoms. The molecule has 0 unspecified atom stereocenters. The number of nitrogens with two attached hydrogens (primary N) is 1. The number of aromatic nitrogens is 2. The van der Waals surface area contributed by atoms with Gasteiger partial charge in [0, 0.05) is 18.7 Å². The molecule has 0 atom stereocenters. The van der Waals surface area contributed by atoms with Crippen molar-refractivity contribution in [1.29, 1.82) is 0 Å². The lowest BCUT2D eigenvalue weighted by molar-refractivity contribution is -0.131. The first-order valence-corrected chi connectivity index (χ1v) is 6.34. The Kier molecular flexibility index (Phi) is 4.47. The van der Waals surface area contributed by atoms with Crippen LogP contribution in [0.3, 0.4) is 0 Å². The molecule has 0 saturated carbocycles. The molecule has 0 aliphatic heterocycles. The number of aliphatic carboxylic acids is 1. The minimum Gasteiger partial charge on any atom is -0.478 e. The summed E-state index contributed by atoms with van der Waals surface area (Å²) in [7, 11) is 1.50. The lowest BCUT2D eigenvalue weighted by Crippen LogP contribution is -2.32. The second-order valence-electron chi connectivity index (χ2n) is 4.46. The number of urea groups is 1. The van der Waals surface area contributed by atoms with Crippen molar-refractivity contribution in [1.82, 2.24) is 9.97 Å². The maximum absolute atomic E-state index is 11.2. The number of carbonyl (C=O) groups excluding carboxylic acids is 1. The molecule has 3 N–H and O–H groups in total. The third-order valence-electron chi connectivity index (χ3n) is 2.90. The van der Waals surface area contributed by atoms with Crippen molar-refractivity contribution < 1.29 is 14.7 Å². The summed E-state index contributed by atoms with van der Waals surface area (Å²) in [5.74, 6) is -0.688. The number of rotatable bonds is 4. The van der Waals surface area contributed by atoms with Gasteiger partial charge in [-0.25, -0.2) is 14.6 Å². The maximum atomic E-state index is 11.2. The predicted octanol–water partition coefficient (Wildman–Crippen LogP) is 1.76. The van der Waals surface area contributed by atoms with Crippen LogP contribution in [0.2, 0.25) is 0 Å². The van der Waals surface area contributed by atoms with E-state index < -0.39 is 12.0 Å². The van der Waals surface area contributed by atoms with Gasteiger partial charge < -0.3 is 10.8 Å². The number of carboxylic acid groups (broad SMARTS) is 1. The van der Waals surface area contributed by atoms with Crippen molar-refractivity contribution in [3.8, 4) is 11.3 Å². The maximum Gasteiger partial charge on any atom is 0.328 e. The van der Waals surface area contributed by atoms with E-state index in [1.165, 1.54) is 24.2 Å². The SMILES string of the molecule is CN(C(N)=O)c1cncc(-c2cccc(/C=C/C(=O)O)c2)n1. The van der Waals surface area contributed by atoms with Gasteiger partial charge in [0.1, 0.15) is 0 Å². The number of carboxylic acids is 1. The minimum absolute atomic E-state index is 0.330. The van der Waals surface area contributed by atoms with E-state index >= 15 is 0 Å². The second kappa shape index (κ2) is 6.49. The predicted molar refractivity (Wildman–Crippen MR) is 82.1 cm³/mol. The zero-order valence-electron chi connectivity index (χ0n) is 11.8. The van der Waals surface area contributed by atoms with Gasteiger partial charge >= 0.3 is 12.0 Å². The van der Waals surface area contributed by atoms with Gasteiger partial charge in [0.05, 0.1) is 18.1 Å². The topological polar surface area (TPSA) is 109 Å². The Labute approximate surface area is 126 Å². The van der Waals surface area contributed by atoms with Crippen LogP contribution < -0.4 is 10.6 Å². The Morgan fingerprint density at radius 3 is 2.77 bits per heavy atom. The van der Waals surface area contributed by atoms with Crippen LogP contribution in [0.1, 0.15) is 5.56 Å². The van der Waals surface area contributed by atoms with Gasteiger partial charge in [-0.05, 0) is 17.7 Å². The van der Waals surface area contributed by atoms with Crippen LogP contribution in [-0.2, 0) is 4.79 Å². The molecular weight excluding hydrogens is 284 g/mol. The highest BCUT2D eigenvalue weighted by Crippen LogP contribution is 2.20. The van der Waals surface area contributed by atoms with E-state index in [1.807, 2.05) is 6.07 Å². The van der Waals surface area contributed by atoms with E-state index in [0.717, 1.165) is 17.2 Å². The number of carbonyl (C=O) groups is 2. The van der Waals surface area contributed by atoms with Crippen molar-refractivity contribution >= 4 is 23.9 Å². The van der Waals surface area contributed by atoms with Gasteiger partial charge in [-0.2, -0.15) is 0 Å². The molecule has 1 aromatic heterocycles. The van der Waals surface area contributed by atoms with Crippen molar-refractivity contribution in [3.05, 3.63) is 48.3 Å². The summed E-state index contributed by atoms with van der Waals surface area (Å²) in [5.41, 5.74) is 7.22. The van der Waals surface area contributed by atoms with E-state index in [2.05, 4.69) is 9.97 Å². The Balaban J connectivity index is 2.36. The van der Waals surface area contributed by atoms with Crippen LogP contribution in [0, 0.1) is 0 Å². The number of benzene rings is 1. The molecule has 0 radical (unpaired) electrons. The molecule has 2 rings (SSSR count). The van der Waals surface area contributed by atoms with Crippen LogP contribution in [0.15, 0.2) is 42.7 Å². The number of amides is 2. The fourth-order valence-corrected chi connectivity index (χ4v) is 1.74. The van der Waals surface area contributed by atoms with Crippen LogP contribution in [0.25, 0.3) is 17.3 Å². The number of hydrogen-bond acceptors (Lipinski definition) is 4. The van der Waals surface area contributed by atoms with E-state index in [4.69, 9.17) is 10.8 Å². The molecule has 0 fully saturated rings. The van der Waals surface area contributed by atoms with Crippen molar-refractivity contribution in [2.75, 3.05) is 11.9 Å². The molecular formula is C15H14N4O3. The highest BCUT2D eigenvalue weighted by atomic mass is 16.4. The normalized spacial score (nSPS) is 10.6. The fourth-order valence-electron chi connectivity index (χ4n) is 1.74. The molecule has 2 aromatic rings. The first-order valence-electron chi connectivity index (χ1n) is 6.34. The molecule has 1 aromatic carbocycles. The Morgan fingerprint density at radius 2 is 2.09 bits per heavy atom. The lowest BCUT2D eigenvalue weighted by Gasteiger charge is -2.13. The fraction of sp³-hybridized carbons (Fsp3) is 0.0667. The summed E-state index contributed by atoms with van der Waals surface area (Å²) >= 11 is 0. The quantitative estimate of drug-likeness (QED) is 0.836. The summed E-state index contributed by atoms with van der Waals surface area (Å²) in [6.07, 6.45) is 5.53. The molecule has 0 aliphatic rings. The average molecular weight is 298 g/mol. The Bertz CT molecular complexity index is 743. The van der Waals surface area contributed by atoms with E-state index in [0.29, 0.717) is 11.5 Å². The second-order valence-corrected chi connectivity index (χ2v) is 4.46. The largest absolute Gasteiger partial charge is 0.478 e. The lowest BCUT2D eigenvalue weighted by atomic mass is 10.1. The van der Waals surface area contributed by atoms with Gasteiger partial charge in [0.25, 0.3) is 0 Å². The molecule has 0 aliphatic carbocycles. The summed E-state index contributed by atoms with van der Waals surface area (Å²) in [4.78, 5) is 31.3. The summed E-state index contributed by atoms with van der Waals surface area (Å²) in [6.45, 7) is 0. The van der Waals surface area contributed by atoms with Gasteiger partial charge in [-0.15, -0.1) is 0 Å². The highest BCUT2D eigenvalue weighted by molar-refractivity contribution is 5.89. The average Bonchev–Trinajstić information content (AvgIpc) is 2.52. The molecule has 7 heteroatoms. The van der Waals surface area contributed by atoms with Crippen LogP contribution in [0.5, 0.6) is 0 Å². The zero-order valence-corrected chi connectivity index (χ0v) is 11.8. The number of anilines is 1. The van der Waals surface area contributed by atoms with Gasteiger partial charge in [-0.3, -0.25) is 9.88 Å². The minimum atomic E-state index is -1.02.